The van der Waals surface area contributed by atoms with Gasteiger partial charge in [0.05, 0.1) is 18.0 Å². The number of nitrogens with zero attached hydrogens (tertiary/aromatic N) is 2. The van der Waals surface area contributed by atoms with Crippen molar-refractivity contribution in [2.45, 2.75) is 36.2 Å². The highest BCUT2D eigenvalue weighted by atomic mass is 32.2. The number of benzene rings is 2. The molecule has 5 rings (SSSR count). The van der Waals surface area contributed by atoms with Crippen LogP contribution >= 0.6 is 11.8 Å². The number of thioether (sulfide) groups is 1. The van der Waals surface area contributed by atoms with Crippen LogP contribution in [0.2, 0.25) is 0 Å². The van der Waals surface area contributed by atoms with Gasteiger partial charge in [-0.25, -0.2) is 0 Å². The van der Waals surface area contributed by atoms with Crippen molar-refractivity contribution < 1.29 is 0 Å². The van der Waals surface area contributed by atoms with Gasteiger partial charge in [0.1, 0.15) is 0 Å². The first kappa shape index (κ1) is 15.6. The topological polar surface area (TPSA) is 18.5 Å². The van der Waals surface area contributed by atoms with E-state index in [4.69, 9.17) is 0 Å². The molecule has 1 saturated heterocycles. The highest BCUT2D eigenvalue weighted by Gasteiger charge is 2.33. The summed E-state index contributed by atoms with van der Waals surface area (Å²) < 4.78 is 0. The van der Waals surface area contributed by atoms with Gasteiger partial charge >= 0.3 is 0 Å². The molecule has 0 saturated carbocycles. The summed E-state index contributed by atoms with van der Waals surface area (Å²) in [5, 5.41) is 3.54. The average molecular weight is 352 g/mol. The molecular formula is C21H25N3S. The third-order valence-electron chi connectivity index (χ3n) is 5.96. The van der Waals surface area contributed by atoms with Gasteiger partial charge in [-0.1, -0.05) is 30.3 Å². The predicted octanol–water partition coefficient (Wildman–Crippen LogP) is 4.58. The van der Waals surface area contributed by atoms with E-state index in [2.05, 4.69) is 63.6 Å². The van der Waals surface area contributed by atoms with E-state index in [1.54, 1.807) is 5.56 Å². The Morgan fingerprint density at radius 3 is 2.64 bits per heavy atom. The fourth-order valence-electron chi connectivity index (χ4n) is 4.67. The maximum atomic E-state index is 3.54. The van der Waals surface area contributed by atoms with Crippen molar-refractivity contribution in [1.82, 2.24) is 4.90 Å². The maximum Gasteiger partial charge on any atom is 0.0880 e. The van der Waals surface area contributed by atoms with Crippen LogP contribution < -0.4 is 10.2 Å². The Labute approximate surface area is 154 Å². The van der Waals surface area contributed by atoms with Crippen molar-refractivity contribution in [1.29, 1.82) is 0 Å². The summed E-state index contributed by atoms with van der Waals surface area (Å²) in [6.45, 7) is 3.40. The summed E-state index contributed by atoms with van der Waals surface area (Å²) in [4.78, 5) is 6.82. The van der Waals surface area contributed by atoms with E-state index in [1.807, 2.05) is 11.8 Å². The molecule has 0 bridgehead atoms. The summed E-state index contributed by atoms with van der Waals surface area (Å²) >= 11 is 2.03. The summed E-state index contributed by atoms with van der Waals surface area (Å²) in [5.74, 6) is 1.25. The Morgan fingerprint density at radius 1 is 0.920 bits per heavy atom. The van der Waals surface area contributed by atoms with Gasteiger partial charge in [0.25, 0.3) is 0 Å². The molecule has 1 fully saturated rings. The number of hydrogen-bond acceptors (Lipinski definition) is 4. The second-order valence-electron chi connectivity index (χ2n) is 7.28. The molecule has 0 amide bonds. The number of nitrogens with one attached hydrogen (secondary N) is 1. The normalized spacial score (nSPS) is 23.8. The molecule has 0 spiro atoms. The lowest BCUT2D eigenvalue weighted by Crippen LogP contribution is -2.46. The second-order valence-corrected chi connectivity index (χ2v) is 8.42. The van der Waals surface area contributed by atoms with Gasteiger partial charge in [-0.15, -0.1) is 11.8 Å². The fourth-order valence-corrected chi connectivity index (χ4v) is 5.77. The van der Waals surface area contributed by atoms with Crippen LogP contribution in [0.3, 0.4) is 0 Å². The highest BCUT2D eigenvalue weighted by molar-refractivity contribution is 7.99. The summed E-state index contributed by atoms with van der Waals surface area (Å²) in [7, 11) is 0. The number of hydrogen-bond donors (Lipinski definition) is 1. The molecule has 25 heavy (non-hydrogen) atoms. The van der Waals surface area contributed by atoms with Crippen molar-refractivity contribution in [2.24, 2.45) is 0 Å². The summed E-state index contributed by atoms with van der Waals surface area (Å²) in [6, 6.07) is 19.1. The van der Waals surface area contributed by atoms with Crippen LogP contribution in [0.15, 0.2) is 53.4 Å². The molecule has 4 heteroatoms. The SMILES string of the molecule is c1ccc2c(c1)NCN2C1CCN(C2CCSc3ccccc32)CC1. The molecule has 0 radical (unpaired) electrons. The molecule has 3 heterocycles. The Kier molecular flexibility index (Phi) is 4.10. The number of piperidine rings is 1. The molecule has 3 aliphatic heterocycles. The molecule has 0 aliphatic carbocycles. The van der Waals surface area contributed by atoms with Crippen LogP contribution in [0.5, 0.6) is 0 Å². The van der Waals surface area contributed by atoms with Gasteiger partial charge in [0.15, 0.2) is 0 Å². The van der Waals surface area contributed by atoms with Crippen molar-refractivity contribution in [3.8, 4) is 0 Å². The smallest absolute Gasteiger partial charge is 0.0880 e. The van der Waals surface area contributed by atoms with Gasteiger partial charge in [-0.2, -0.15) is 0 Å². The molecule has 0 aromatic heterocycles. The molecular weight excluding hydrogens is 326 g/mol. The largest absolute Gasteiger partial charge is 0.366 e. The van der Waals surface area contributed by atoms with Gasteiger partial charge in [0, 0.05) is 30.1 Å². The van der Waals surface area contributed by atoms with Crippen molar-refractivity contribution in [3.63, 3.8) is 0 Å². The van der Waals surface area contributed by atoms with Crippen LogP contribution in [-0.4, -0.2) is 36.5 Å². The molecule has 2 aromatic carbocycles. The Morgan fingerprint density at radius 2 is 1.72 bits per heavy atom. The minimum Gasteiger partial charge on any atom is -0.366 e. The number of fused-ring (bicyclic) bond motifs is 2. The van der Waals surface area contributed by atoms with Crippen molar-refractivity contribution in [3.05, 3.63) is 54.1 Å². The predicted molar refractivity (Wildman–Crippen MR) is 107 cm³/mol. The van der Waals surface area contributed by atoms with E-state index in [0.29, 0.717) is 12.1 Å². The van der Waals surface area contributed by atoms with E-state index in [9.17, 15) is 0 Å². The van der Waals surface area contributed by atoms with E-state index in [0.717, 1.165) is 6.67 Å². The first-order chi connectivity index (χ1) is 12.4. The lowest BCUT2D eigenvalue weighted by atomic mass is 9.96. The minimum absolute atomic E-state index is 0.627. The van der Waals surface area contributed by atoms with Crippen LogP contribution in [0.1, 0.15) is 30.9 Å². The Hall–Kier alpha value is -1.65. The summed E-state index contributed by atoms with van der Waals surface area (Å²) in [5.41, 5.74) is 4.24. The van der Waals surface area contributed by atoms with Gasteiger partial charge in [0.2, 0.25) is 0 Å². The molecule has 3 aliphatic rings. The van der Waals surface area contributed by atoms with E-state index in [-0.39, 0.29) is 0 Å². The van der Waals surface area contributed by atoms with Crippen LogP contribution in [0, 0.1) is 0 Å². The van der Waals surface area contributed by atoms with Gasteiger partial charge in [-0.05, 0) is 48.8 Å². The van der Waals surface area contributed by atoms with Crippen molar-refractivity contribution >= 4 is 23.1 Å². The monoisotopic (exact) mass is 351 g/mol. The Bertz CT molecular complexity index is 754. The fraction of sp³-hybridized carbons (Fsp3) is 0.429. The quantitative estimate of drug-likeness (QED) is 0.853. The zero-order valence-electron chi connectivity index (χ0n) is 14.5. The second kappa shape index (κ2) is 6.58. The highest BCUT2D eigenvalue weighted by Crippen LogP contribution is 2.41. The number of anilines is 2. The first-order valence-corrected chi connectivity index (χ1v) is 10.4. The molecule has 1 atom stereocenters. The molecule has 130 valence electrons. The van der Waals surface area contributed by atoms with Gasteiger partial charge < -0.3 is 10.2 Å². The first-order valence-electron chi connectivity index (χ1n) is 9.45. The molecule has 2 aromatic rings. The van der Waals surface area contributed by atoms with E-state index >= 15 is 0 Å². The lowest BCUT2D eigenvalue weighted by molar-refractivity contribution is 0.145. The lowest BCUT2D eigenvalue weighted by Gasteiger charge is -2.42. The number of para-hydroxylation sites is 2. The summed E-state index contributed by atoms with van der Waals surface area (Å²) in [6.07, 6.45) is 3.82. The van der Waals surface area contributed by atoms with Crippen LogP contribution in [-0.2, 0) is 0 Å². The minimum atomic E-state index is 0.627. The number of likely N-dealkylation sites (tertiary alicyclic amines) is 1. The third kappa shape index (κ3) is 2.81. The van der Waals surface area contributed by atoms with E-state index < -0.39 is 0 Å². The standard InChI is InChI=1S/C21H25N3S/c1-4-8-21-17(5-1)19(11-14-25-21)23-12-9-16(10-13-23)24-15-22-18-6-2-3-7-20(18)24/h1-8,16,19,22H,9-15H2. The maximum absolute atomic E-state index is 3.54. The van der Waals surface area contributed by atoms with Gasteiger partial charge in [-0.3, -0.25) is 4.90 Å². The Balaban J connectivity index is 1.29. The average Bonchev–Trinajstić information content (AvgIpc) is 3.12. The third-order valence-corrected chi connectivity index (χ3v) is 7.08. The van der Waals surface area contributed by atoms with Crippen LogP contribution in [0.25, 0.3) is 0 Å². The zero-order valence-corrected chi connectivity index (χ0v) is 15.3. The molecule has 1 N–H and O–H groups in total. The van der Waals surface area contributed by atoms with Crippen molar-refractivity contribution in [2.75, 3.05) is 35.7 Å². The van der Waals surface area contributed by atoms with Crippen LogP contribution in [0.4, 0.5) is 11.4 Å². The molecule has 1 unspecified atom stereocenters. The zero-order chi connectivity index (χ0) is 16.6. The number of rotatable bonds is 2. The molecule has 3 nitrogen and oxygen atoms in total. The van der Waals surface area contributed by atoms with E-state index in [1.165, 1.54) is 54.4 Å².